The molecule has 2 rings (SSSR count). The number of halogens is 3. The number of rotatable bonds is 4. The van der Waals surface area contributed by atoms with Crippen molar-refractivity contribution in [1.82, 2.24) is 9.88 Å². The van der Waals surface area contributed by atoms with Crippen LogP contribution in [-0.4, -0.2) is 34.6 Å². The maximum absolute atomic E-state index is 12.4. The van der Waals surface area contributed by atoms with E-state index in [9.17, 15) is 18.0 Å². The van der Waals surface area contributed by atoms with Crippen LogP contribution in [0.15, 0.2) is 18.3 Å². The van der Waals surface area contributed by atoms with Gasteiger partial charge in [-0.15, -0.1) is 0 Å². The van der Waals surface area contributed by atoms with E-state index in [1.54, 1.807) is 0 Å². The average molecular weight is 274 g/mol. The van der Waals surface area contributed by atoms with E-state index < -0.39 is 18.6 Å². The summed E-state index contributed by atoms with van der Waals surface area (Å²) in [4.78, 5) is 16.7. The van der Waals surface area contributed by atoms with Gasteiger partial charge in [0.1, 0.15) is 12.2 Å². The molecule has 1 aliphatic carbocycles. The number of carbonyl (C=O) groups excluding carboxylic acids is 1. The van der Waals surface area contributed by atoms with Crippen LogP contribution < -0.4 is 11.3 Å². The van der Waals surface area contributed by atoms with Crippen molar-refractivity contribution in [3.05, 3.63) is 24.0 Å². The van der Waals surface area contributed by atoms with Gasteiger partial charge in [-0.3, -0.25) is 10.6 Å². The first-order chi connectivity index (χ1) is 8.90. The fourth-order valence-corrected chi connectivity index (χ4v) is 1.70. The summed E-state index contributed by atoms with van der Waals surface area (Å²) in [5.74, 6) is 4.44. The fraction of sp³-hybridized carbons (Fsp3) is 0.455. The molecule has 0 spiro atoms. The number of amides is 1. The lowest BCUT2D eigenvalue weighted by Crippen LogP contribution is -2.40. The summed E-state index contributed by atoms with van der Waals surface area (Å²) < 4.78 is 37.3. The van der Waals surface area contributed by atoms with Gasteiger partial charge in [0, 0.05) is 6.04 Å². The van der Waals surface area contributed by atoms with E-state index in [0.29, 0.717) is 18.5 Å². The molecular formula is C11H13F3N4O. The van der Waals surface area contributed by atoms with E-state index in [1.165, 1.54) is 18.3 Å². The summed E-state index contributed by atoms with van der Waals surface area (Å²) in [5.41, 5.74) is 2.79. The van der Waals surface area contributed by atoms with Crippen LogP contribution in [0.2, 0.25) is 0 Å². The van der Waals surface area contributed by atoms with Gasteiger partial charge in [0.05, 0.1) is 11.9 Å². The van der Waals surface area contributed by atoms with E-state index in [0.717, 1.165) is 4.90 Å². The van der Waals surface area contributed by atoms with Crippen LogP contribution >= 0.6 is 0 Å². The third kappa shape index (κ3) is 3.57. The molecule has 3 N–H and O–H groups in total. The Morgan fingerprint density at radius 3 is 2.58 bits per heavy atom. The smallest absolute Gasteiger partial charge is 0.325 e. The minimum Gasteiger partial charge on any atom is -0.325 e. The summed E-state index contributed by atoms with van der Waals surface area (Å²) in [5, 5.41) is 0. The molecule has 8 heteroatoms. The highest BCUT2D eigenvalue weighted by molar-refractivity contribution is 5.93. The van der Waals surface area contributed by atoms with Crippen LogP contribution in [0.5, 0.6) is 0 Å². The highest BCUT2D eigenvalue weighted by Crippen LogP contribution is 2.31. The number of aromatic nitrogens is 1. The maximum atomic E-state index is 12.4. The second kappa shape index (κ2) is 5.04. The zero-order valence-electron chi connectivity index (χ0n) is 9.94. The lowest BCUT2D eigenvalue weighted by Gasteiger charge is -2.23. The minimum atomic E-state index is -4.41. The normalized spacial score (nSPS) is 15.2. The predicted molar refractivity (Wildman–Crippen MR) is 62.2 cm³/mol. The summed E-state index contributed by atoms with van der Waals surface area (Å²) >= 11 is 0. The van der Waals surface area contributed by atoms with Gasteiger partial charge in [-0.25, -0.2) is 4.98 Å². The van der Waals surface area contributed by atoms with Crippen molar-refractivity contribution >= 4 is 11.6 Å². The number of anilines is 1. The molecule has 104 valence electrons. The lowest BCUT2D eigenvalue weighted by molar-refractivity contribution is -0.141. The first-order valence-electron chi connectivity index (χ1n) is 5.71. The minimum absolute atomic E-state index is 0.0184. The molecule has 1 aromatic heterocycles. The van der Waals surface area contributed by atoms with E-state index in [1.807, 2.05) is 0 Å². The van der Waals surface area contributed by atoms with Crippen molar-refractivity contribution in [2.75, 3.05) is 12.0 Å². The number of alkyl halides is 3. The van der Waals surface area contributed by atoms with Gasteiger partial charge < -0.3 is 10.3 Å². The summed E-state index contributed by atoms with van der Waals surface area (Å²) in [6.45, 7) is -1.24. The Hall–Kier alpha value is -1.83. The Morgan fingerprint density at radius 1 is 1.47 bits per heavy atom. The van der Waals surface area contributed by atoms with Gasteiger partial charge in [0.2, 0.25) is 0 Å². The molecule has 1 amide bonds. The second-order valence-corrected chi connectivity index (χ2v) is 4.36. The number of nitrogens with zero attached hydrogens (tertiary/aromatic N) is 2. The number of hydrazine groups is 1. The molecule has 1 saturated carbocycles. The number of nitrogen functional groups attached to an aromatic ring is 1. The Kier molecular flexibility index (Phi) is 3.61. The molecule has 0 atom stereocenters. The van der Waals surface area contributed by atoms with E-state index in [4.69, 9.17) is 5.84 Å². The molecule has 0 bridgehead atoms. The molecular weight excluding hydrogens is 261 g/mol. The number of carbonyl (C=O) groups is 1. The van der Waals surface area contributed by atoms with Gasteiger partial charge in [0.15, 0.2) is 0 Å². The topological polar surface area (TPSA) is 71.2 Å². The van der Waals surface area contributed by atoms with Crippen molar-refractivity contribution in [2.24, 2.45) is 5.84 Å². The summed E-state index contributed by atoms with van der Waals surface area (Å²) in [6.07, 6.45) is -1.91. The number of hydrogen-bond donors (Lipinski definition) is 2. The average Bonchev–Trinajstić information content (AvgIpc) is 3.18. The van der Waals surface area contributed by atoms with Crippen LogP contribution in [-0.2, 0) is 0 Å². The van der Waals surface area contributed by atoms with Gasteiger partial charge in [-0.2, -0.15) is 13.2 Å². The number of pyridine rings is 1. The highest BCUT2D eigenvalue weighted by Gasteiger charge is 2.41. The van der Waals surface area contributed by atoms with Gasteiger partial charge >= 0.3 is 6.18 Å². The van der Waals surface area contributed by atoms with E-state index in [-0.39, 0.29) is 11.7 Å². The molecule has 1 heterocycles. The molecule has 0 radical (unpaired) electrons. The van der Waals surface area contributed by atoms with Crippen molar-refractivity contribution in [3.8, 4) is 0 Å². The zero-order valence-corrected chi connectivity index (χ0v) is 9.94. The van der Waals surface area contributed by atoms with E-state index >= 15 is 0 Å². The van der Waals surface area contributed by atoms with Crippen LogP contribution in [0.25, 0.3) is 0 Å². The Balaban J connectivity index is 2.14. The SMILES string of the molecule is NNc1ccc(C(=O)N(CC(F)(F)F)C2CC2)nc1. The molecule has 5 nitrogen and oxygen atoms in total. The highest BCUT2D eigenvalue weighted by atomic mass is 19.4. The quantitative estimate of drug-likeness (QED) is 0.645. The van der Waals surface area contributed by atoms with Crippen molar-refractivity contribution in [1.29, 1.82) is 0 Å². The van der Waals surface area contributed by atoms with Crippen LogP contribution in [0.1, 0.15) is 23.3 Å². The number of nitrogens with two attached hydrogens (primary N) is 1. The van der Waals surface area contributed by atoms with E-state index in [2.05, 4.69) is 10.4 Å². The van der Waals surface area contributed by atoms with Crippen LogP contribution in [0.3, 0.4) is 0 Å². The Labute approximate surface area is 107 Å². The monoisotopic (exact) mass is 274 g/mol. The van der Waals surface area contributed by atoms with Crippen LogP contribution in [0.4, 0.5) is 18.9 Å². The van der Waals surface area contributed by atoms with Gasteiger partial charge in [-0.1, -0.05) is 0 Å². The molecule has 0 unspecified atom stereocenters. The number of nitrogens with one attached hydrogen (secondary N) is 1. The van der Waals surface area contributed by atoms with Crippen molar-refractivity contribution in [3.63, 3.8) is 0 Å². The van der Waals surface area contributed by atoms with Crippen LogP contribution in [0, 0.1) is 0 Å². The van der Waals surface area contributed by atoms with Gasteiger partial charge in [0.25, 0.3) is 5.91 Å². The zero-order chi connectivity index (χ0) is 14.0. The first kappa shape index (κ1) is 13.6. The Bertz CT molecular complexity index is 456. The van der Waals surface area contributed by atoms with Gasteiger partial charge in [-0.05, 0) is 25.0 Å². The van der Waals surface area contributed by atoms with Crippen molar-refractivity contribution in [2.45, 2.75) is 25.1 Å². The first-order valence-corrected chi connectivity index (χ1v) is 5.71. The standard InChI is InChI=1S/C11H13F3N4O/c12-11(13,14)6-18(8-2-3-8)10(19)9-4-1-7(17-15)5-16-9/h1,4-5,8,17H,2-3,6,15H2. The molecule has 0 aromatic carbocycles. The third-order valence-electron chi connectivity index (χ3n) is 2.75. The number of hydrogen-bond acceptors (Lipinski definition) is 4. The molecule has 0 aliphatic heterocycles. The molecule has 0 saturated heterocycles. The Morgan fingerprint density at radius 2 is 2.16 bits per heavy atom. The molecule has 1 aromatic rings. The fourth-order valence-electron chi connectivity index (χ4n) is 1.70. The second-order valence-electron chi connectivity index (χ2n) is 4.36. The predicted octanol–water partition coefficient (Wildman–Crippen LogP) is 1.53. The lowest BCUT2D eigenvalue weighted by atomic mass is 10.3. The largest absolute Gasteiger partial charge is 0.406 e. The third-order valence-corrected chi connectivity index (χ3v) is 2.75. The molecule has 1 aliphatic rings. The molecule has 19 heavy (non-hydrogen) atoms. The summed E-state index contributed by atoms with van der Waals surface area (Å²) in [7, 11) is 0. The maximum Gasteiger partial charge on any atom is 0.406 e. The summed E-state index contributed by atoms with van der Waals surface area (Å²) in [6, 6.07) is 2.51. The molecule has 1 fully saturated rings. The van der Waals surface area contributed by atoms with Crippen molar-refractivity contribution < 1.29 is 18.0 Å².